The van der Waals surface area contributed by atoms with Gasteiger partial charge in [0.2, 0.25) is 0 Å². The van der Waals surface area contributed by atoms with Crippen LogP contribution in [0.4, 0.5) is 0 Å². The average molecular weight is 402 g/mol. The second-order valence-electron chi connectivity index (χ2n) is 5.16. The maximum Gasteiger partial charge on any atom is 0.189 e. The highest BCUT2D eigenvalue weighted by molar-refractivity contribution is 14.0. The van der Waals surface area contributed by atoms with E-state index < -0.39 is 0 Å². The first-order valence-corrected chi connectivity index (χ1v) is 6.95. The molecule has 0 atom stereocenters. The highest BCUT2D eigenvalue weighted by Gasteiger charge is 1.99. The van der Waals surface area contributed by atoms with E-state index in [0.717, 1.165) is 18.7 Å². The molecule has 0 amide bonds. The second kappa shape index (κ2) is 10.6. The molecule has 0 radical (unpaired) electrons. The summed E-state index contributed by atoms with van der Waals surface area (Å²) in [5.74, 6) is 0.462. The maximum atomic E-state index is 5.80. The zero-order valence-corrected chi connectivity index (χ0v) is 15.6. The molecule has 21 heavy (non-hydrogen) atoms. The van der Waals surface area contributed by atoms with Gasteiger partial charge in [-0.15, -0.1) is 24.0 Å². The normalized spacial score (nSPS) is 11.1. The zero-order valence-electron chi connectivity index (χ0n) is 13.2. The van der Waals surface area contributed by atoms with E-state index in [0.29, 0.717) is 19.0 Å². The number of halogens is 1. The maximum absolute atomic E-state index is 5.80. The lowest BCUT2D eigenvalue weighted by Crippen LogP contribution is -2.32. The van der Waals surface area contributed by atoms with Crippen LogP contribution in [-0.2, 0) is 13.1 Å². The molecule has 0 spiro atoms. The molecule has 0 saturated heterocycles. The quantitative estimate of drug-likeness (QED) is 0.319. The molecule has 1 aromatic rings. The van der Waals surface area contributed by atoms with Gasteiger partial charge in [0.05, 0.1) is 6.54 Å². The number of aliphatic imine (C=N–C) groups is 1. The monoisotopic (exact) mass is 402 g/mol. The summed E-state index contributed by atoms with van der Waals surface area (Å²) in [5, 5.41) is 3.03. The Morgan fingerprint density at radius 2 is 2.05 bits per heavy atom. The van der Waals surface area contributed by atoms with Crippen molar-refractivity contribution in [3.05, 3.63) is 47.5 Å². The lowest BCUT2D eigenvalue weighted by Gasteiger charge is -2.14. The molecule has 1 aromatic carbocycles. The molecule has 0 aliphatic heterocycles. The lowest BCUT2D eigenvalue weighted by molar-refractivity contribution is 0.345. The molecule has 3 N–H and O–H groups in total. The number of benzene rings is 1. The van der Waals surface area contributed by atoms with Gasteiger partial charge in [-0.3, -0.25) is 0 Å². The Bertz CT molecular complexity index is 471. The van der Waals surface area contributed by atoms with Crippen LogP contribution in [0.1, 0.15) is 25.0 Å². The molecule has 0 aromatic heterocycles. The summed E-state index contributed by atoms with van der Waals surface area (Å²) in [7, 11) is 2.12. The fourth-order valence-corrected chi connectivity index (χ4v) is 1.72. The van der Waals surface area contributed by atoms with Gasteiger partial charge in [-0.25, -0.2) is 4.99 Å². The number of hydrogen-bond donors (Lipinski definition) is 2. The van der Waals surface area contributed by atoms with Crippen molar-refractivity contribution in [2.45, 2.75) is 26.9 Å². The largest absolute Gasteiger partial charge is 0.370 e. The van der Waals surface area contributed by atoms with E-state index in [1.165, 1.54) is 11.1 Å². The van der Waals surface area contributed by atoms with Gasteiger partial charge >= 0.3 is 0 Å². The Hall–Kier alpha value is -1.08. The molecule has 0 unspecified atom stereocenters. The summed E-state index contributed by atoms with van der Waals surface area (Å²) < 4.78 is 0. The Morgan fingerprint density at radius 3 is 2.67 bits per heavy atom. The third-order valence-corrected chi connectivity index (χ3v) is 2.99. The predicted molar refractivity (Wildman–Crippen MR) is 102 cm³/mol. The van der Waals surface area contributed by atoms with Crippen molar-refractivity contribution in [1.82, 2.24) is 10.2 Å². The highest BCUT2D eigenvalue weighted by Crippen LogP contribution is 2.08. The Kier molecular flexibility index (Phi) is 10.1. The van der Waals surface area contributed by atoms with Crippen LogP contribution < -0.4 is 11.1 Å². The molecule has 4 nitrogen and oxygen atoms in total. The summed E-state index contributed by atoms with van der Waals surface area (Å²) in [6.45, 7) is 11.2. The van der Waals surface area contributed by atoms with E-state index in [4.69, 9.17) is 5.73 Å². The molecule has 0 aliphatic carbocycles. The van der Waals surface area contributed by atoms with Gasteiger partial charge in [0, 0.05) is 13.1 Å². The molecule has 1 rings (SSSR count). The van der Waals surface area contributed by atoms with Crippen LogP contribution in [0.2, 0.25) is 0 Å². The van der Waals surface area contributed by atoms with Crippen LogP contribution >= 0.6 is 24.0 Å². The first-order valence-electron chi connectivity index (χ1n) is 6.95. The van der Waals surface area contributed by atoms with Crippen molar-refractivity contribution in [2.24, 2.45) is 10.7 Å². The van der Waals surface area contributed by atoms with Crippen LogP contribution in [0.5, 0.6) is 0 Å². The number of rotatable bonds is 7. The molecule has 0 bridgehead atoms. The summed E-state index contributed by atoms with van der Waals surface area (Å²) in [4.78, 5) is 6.60. The Morgan fingerprint density at radius 1 is 1.38 bits per heavy atom. The highest BCUT2D eigenvalue weighted by atomic mass is 127. The summed E-state index contributed by atoms with van der Waals surface area (Å²) >= 11 is 0. The van der Waals surface area contributed by atoms with Gasteiger partial charge in [0.1, 0.15) is 0 Å². The number of nitrogens with one attached hydrogen (secondary N) is 1. The van der Waals surface area contributed by atoms with E-state index in [9.17, 15) is 0 Å². The first-order chi connectivity index (χ1) is 9.51. The second-order valence-corrected chi connectivity index (χ2v) is 5.16. The molecule has 0 fully saturated rings. The van der Waals surface area contributed by atoms with E-state index in [-0.39, 0.29) is 24.0 Å². The van der Waals surface area contributed by atoms with Crippen molar-refractivity contribution in [3.8, 4) is 0 Å². The molecular weight excluding hydrogens is 375 g/mol. The van der Waals surface area contributed by atoms with Crippen LogP contribution in [0.25, 0.3) is 0 Å². The molecule has 0 aliphatic rings. The number of hydrogen-bond acceptors (Lipinski definition) is 2. The summed E-state index contributed by atoms with van der Waals surface area (Å²) in [5.41, 5.74) is 9.31. The minimum atomic E-state index is 0. The van der Waals surface area contributed by atoms with Crippen LogP contribution in [0, 0.1) is 0 Å². The molecule has 118 valence electrons. The topological polar surface area (TPSA) is 53.6 Å². The van der Waals surface area contributed by atoms with Crippen LogP contribution in [0.3, 0.4) is 0 Å². The average Bonchev–Trinajstić information content (AvgIpc) is 2.43. The zero-order chi connectivity index (χ0) is 15.0. The van der Waals surface area contributed by atoms with Gasteiger partial charge in [-0.2, -0.15) is 0 Å². The predicted octanol–water partition coefficient (Wildman–Crippen LogP) is 2.74. The number of nitrogens with two attached hydrogens (primary N) is 1. The van der Waals surface area contributed by atoms with Gasteiger partial charge in [-0.05, 0) is 31.6 Å². The van der Waals surface area contributed by atoms with Gasteiger partial charge in [-0.1, -0.05) is 43.3 Å². The Labute approximate surface area is 145 Å². The van der Waals surface area contributed by atoms with Crippen molar-refractivity contribution in [1.29, 1.82) is 0 Å². The smallest absolute Gasteiger partial charge is 0.189 e. The number of guanidine groups is 1. The molecule has 0 saturated carbocycles. The molecular formula is C16H27IN4. The molecule has 0 heterocycles. The minimum absolute atomic E-state index is 0. The first kappa shape index (κ1) is 19.9. The van der Waals surface area contributed by atoms with Gasteiger partial charge in [0.25, 0.3) is 0 Å². The Balaban J connectivity index is 0.00000400. The SMILES string of the molecule is C=C(C)CNC(N)=NCc1cccc(CN(C)CC)c1.I. The van der Waals surface area contributed by atoms with Crippen molar-refractivity contribution in [2.75, 3.05) is 20.1 Å². The third kappa shape index (κ3) is 8.72. The fraction of sp³-hybridized carbons (Fsp3) is 0.438. The number of nitrogens with zero attached hydrogens (tertiary/aromatic N) is 2. The van der Waals surface area contributed by atoms with E-state index in [2.05, 4.69) is 60.0 Å². The van der Waals surface area contributed by atoms with Crippen molar-refractivity contribution >= 4 is 29.9 Å². The third-order valence-electron chi connectivity index (χ3n) is 2.99. The minimum Gasteiger partial charge on any atom is -0.370 e. The summed E-state index contributed by atoms with van der Waals surface area (Å²) in [6.07, 6.45) is 0. The lowest BCUT2D eigenvalue weighted by atomic mass is 10.1. The van der Waals surface area contributed by atoms with Crippen molar-refractivity contribution in [3.63, 3.8) is 0 Å². The van der Waals surface area contributed by atoms with Crippen molar-refractivity contribution < 1.29 is 0 Å². The fourth-order valence-electron chi connectivity index (χ4n) is 1.72. The van der Waals surface area contributed by atoms with Crippen LogP contribution in [0.15, 0.2) is 41.4 Å². The van der Waals surface area contributed by atoms with E-state index in [1.807, 2.05) is 6.92 Å². The molecule has 5 heteroatoms. The van der Waals surface area contributed by atoms with E-state index >= 15 is 0 Å². The van der Waals surface area contributed by atoms with Gasteiger partial charge in [0.15, 0.2) is 5.96 Å². The van der Waals surface area contributed by atoms with Gasteiger partial charge < -0.3 is 16.0 Å². The van der Waals surface area contributed by atoms with E-state index in [1.54, 1.807) is 0 Å². The summed E-state index contributed by atoms with van der Waals surface area (Å²) in [6, 6.07) is 8.47. The standard InChI is InChI=1S/C16H26N4.HI/c1-5-20(4)12-15-8-6-7-14(9-15)11-19-16(17)18-10-13(2)3;/h6-9H,2,5,10-12H2,1,3-4H3,(H3,17,18,19);1H. The van der Waals surface area contributed by atoms with Crippen LogP contribution in [-0.4, -0.2) is 31.0 Å².